The molecule has 0 saturated heterocycles. The van der Waals surface area contributed by atoms with Crippen LogP contribution in [-0.4, -0.2) is 18.4 Å². The van der Waals surface area contributed by atoms with Crippen molar-refractivity contribution >= 4 is 11.8 Å². The first kappa shape index (κ1) is 12.6. The van der Waals surface area contributed by atoms with Crippen molar-refractivity contribution in [3.8, 4) is 0 Å². The summed E-state index contributed by atoms with van der Waals surface area (Å²) in [5.41, 5.74) is 0. The van der Waals surface area contributed by atoms with Crippen LogP contribution in [0.15, 0.2) is 25.3 Å². The van der Waals surface area contributed by atoms with E-state index in [0.29, 0.717) is 19.4 Å². The zero-order valence-corrected chi connectivity index (χ0v) is 8.49. The minimum Gasteiger partial charge on any atom is -0.466 e. The molecule has 0 aliphatic heterocycles. The Bertz CT molecular complexity index is 231. The summed E-state index contributed by atoms with van der Waals surface area (Å²) in [4.78, 5) is 22.2. The third-order valence-electron chi connectivity index (χ3n) is 1.80. The SMILES string of the molecule is C=CC(=O)CCC(C=C)C(=O)OCC. The molecule has 0 fully saturated rings. The Kier molecular flexibility index (Phi) is 6.37. The standard InChI is InChI=1S/C11H16O3/c1-4-9(11(13)14-6-3)7-8-10(12)5-2/h4-5,9H,1-2,6-8H2,3H3. The van der Waals surface area contributed by atoms with E-state index in [1.165, 1.54) is 12.2 Å². The van der Waals surface area contributed by atoms with Gasteiger partial charge < -0.3 is 4.74 Å². The molecule has 0 radical (unpaired) electrons. The summed E-state index contributed by atoms with van der Waals surface area (Å²) in [6, 6.07) is 0. The van der Waals surface area contributed by atoms with Crippen LogP contribution in [0.3, 0.4) is 0 Å². The fourth-order valence-corrected chi connectivity index (χ4v) is 0.981. The quantitative estimate of drug-likeness (QED) is 0.355. The summed E-state index contributed by atoms with van der Waals surface area (Å²) in [7, 11) is 0. The molecule has 0 aromatic rings. The van der Waals surface area contributed by atoms with E-state index in [-0.39, 0.29) is 17.7 Å². The van der Waals surface area contributed by atoms with Crippen molar-refractivity contribution in [1.29, 1.82) is 0 Å². The molecule has 0 rings (SSSR count). The van der Waals surface area contributed by atoms with Gasteiger partial charge in [0.05, 0.1) is 12.5 Å². The second-order valence-electron chi connectivity index (χ2n) is 2.80. The first-order chi connectivity index (χ1) is 6.65. The van der Waals surface area contributed by atoms with Crippen LogP contribution >= 0.6 is 0 Å². The van der Waals surface area contributed by atoms with Gasteiger partial charge in [0.25, 0.3) is 0 Å². The topological polar surface area (TPSA) is 43.4 Å². The fourth-order valence-electron chi connectivity index (χ4n) is 0.981. The molecule has 0 saturated carbocycles. The van der Waals surface area contributed by atoms with Crippen LogP contribution in [0.5, 0.6) is 0 Å². The first-order valence-electron chi connectivity index (χ1n) is 4.60. The van der Waals surface area contributed by atoms with E-state index in [1.807, 2.05) is 0 Å². The Hall–Kier alpha value is -1.38. The van der Waals surface area contributed by atoms with Crippen LogP contribution in [0.4, 0.5) is 0 Å². The summed E-state index contributed by atoms with van der Waals surface area (Å²) in [5, 5.41) is 0. The first-order valence-corrected chi connectivity index (χ1v) is 4.60. The van der Waals surface area contributed by atoms with Crippen molar-refractivity contribution in [3.63, 3.8) is 0 Å². The Morgan fingerprint density at radius 1 is 1.43 bits per heavy atom. The average Bonchev–Trinajstić information content (AvgIpc) is 2.18. The predicted octanol–water partition coefficient (Wildman–Crippen LogP) is 1.89. The van der Waals surface area contributed by atoms with Crippen molar-refractivity contribution in [2.45, 2.75) is 19.8 Å². The molecular weight excluding hydrogens is 180 g/mol. The van der Waals surface area contributed by atoms with Crippen molar-refractivity contribution in [3.05, 3.63) is 25.3 Å². The molecule has 0 aliphatic rings. The molecule has 1 atom stereocenters. The van der Waals surface area contributed by atoms with E-state index in [1.54, 1.807) is 6.92 Å². The lowest BCUT2D eigenvalue weighted by molar-refractivity contribution is -0.146. The Balaban J connectivity index is 4.02. The van der Waals surface area contributed by atoms with Gasteiger partial charge in [-0.2, -0.15) is 0 Å². The van der Waals surface area contributed by atoms with Crippen molar-refractivity contribution in [1.82, 2.24) is 0 Å². The monoisotopic (exact) mass is 196 g/mol. The van der Waals surface area contributed by atoms with Crippen molar-refractivity contribution in [2.24, 2.45) is 5.92 Å². The number of ketones is 1. The highest BCUT2D eigenvalue weighted by Gasteiger charge is 2.16. The van der Waals surface area contributed by atoms with Crippen LogP contribution < -0.4 is 0 Å². The molecule has 14 heavy (non-hydrogen) atoms. The Morgan fingerprint density at radius 2 is 2.07 bits per heavy atom. The fraction of sp³-hybridized carbons (Fsp3) is 0.455. The summed E-state index contributed by atoms with van der Waals surface area (Å²) >= 11 is 0. The van der Waals surface area contributed by atoms with E-state index in [9.17, 15) is 9.59 Å². The lowest BCUT2D eigenvalue weighted by Crippen LogP contribution is -2.16. The molecule has 0 aromatic carbocycles. The maximum absolute atomic E-state index is 11.2. The number of ether oxygens (including phenoxy) is 1. The summed E-state index contributed by atoms with van der Waals surface area (Å²) < 4.78 is 4.81. The van der Waals surface area contributed by atoms with Gasteiger partial charge in [-0.15, -0.1) is 6.58 Å². The van der Waals surface area contributed by atoms with Gasteiger partial charge in [-0.1, -0.05) is 12.7 Å². The highest BCUT2D eigenvalue weighted by atomic mass is 16.5. The summed E-state index contributed by atoms with van der Waals surface area (Å²) in [6.07, 6.45) is 3.51. The third-order valence-corrected chi connectivity index (χ3v) is 1.80. The third kappa shape index (κ3) is 4.60. The van der Waals surface area contributed by atoms with Gasteiger partial charge in [-0.05, 0) is 19.4 Å². The van der Waals surface area contributed by atoms with Crippen molar-refractivity contribution < 1.29 is 14.3 Å². The Labute approximate surface area is 84.4 Å². The van der Waals surface area contributed by atoms with Gasteiger partial charge in [-0.25, -0.2) is 0 Å². The number of esters is 1. The highest BCUT2D eigenvalue weighted by Crippen LogP contribution is 2.10. The number of allylic oxidation sites excluding steroid dienone is 1. The number of carbonyl (C=O) groups excluding carboxylic acids is 2. The molecule has 3 heteroatoms. The van der Waals surface area contributed by atoms with Gasteiger partial charge in [-0.3, -0.25) is 9.59 Å². The average molecular weight is 196 g/mol. The maximum Gasteiger partial charge on any atom is 0.312 e. The van der Waals surface area contributed by atoms with Crippen LogP contribution in [0.2, 0.25) is 0 Å². The molecule has 0 aromatic heterocycles. The van der Waals surface area contributed by atoms with Gasteiger partial charge in [0.2, 0.25) is 0 Å². The zero-order chi connectivity index (χ0) is 11.0. The van der Waals surface area contributed by atoms with Gasteiger partial charge in [0.15, 0.2) is 5.78 Å². The zero-order valence-electron chi connectivity index (χ0n) is 8.49. The van der Waals surface area contributed by atoms with E-state index in [2.05, 4.69) is 13.2 Å². The summed E-state index contributed by atoms with van der Waals surface area (Å²) in [6.45, 7) is 8.97. The lowest BCUT2D eigenvalue weighted by atomic mass is 10.0. The molecule has 0 N–H and O–H groups in total. The van der Waals surface area contributed by atoms with E-state index < -0.39 is 0 Å². The van der Waals surface area contributed by atoms with Crippen LogP contribution in [0.1, 0.15) is 19.8 Å². The molecule has 0 amide bonds. The number of hydrogen-bond acceptors (Lipinski definition) is 3. The van der Waals surface area contributed by atoms with E-state index in [4.69, 9.17) is 4.74 Å². The smallest absolute Gasteiger partial charge is 0.312 e. The molecule has 0 heterocycles. The van der Waals surface area contributed by atoms with Crippen LogP contribution in [0.25, 0.3) is 0 Å². The van der Waals surface area contributed by atoms with Crippen LogP contribution in [0, 0.1) is 5.92 Å². The minimum atomic E-state index is -0.390. The van der Waals surface area contributed by atoms with Gasteiger partial charge in [0, 0.05) is 6.42 Å². The minimum absolute atomic E-state index is 0.0684. The number of carbonyl (C=O) groups is 2. The molecule has 1 unspecified atom stereocenters. The second kappa shape index (κ2) is 7.06. The number of hydrogen-bond donors (Lipinski definition) is 0. The molecular formula is C11H16O3. The van der Waals surface area contributed by atoms with Gasteiger partial charge in [0.1, 0.15) is 0 Å². The van der Waals surface area contributed by atoms with E-state index in [0.717, 1.165) is 0 Å². The van der Waals surface area contributed by atoms with Crippen LogP contribution in [-0.2, 0) is 14.3 Å². The van der Waals surface area contributed by atoms with Crippen molar-refractivity contribution in [2.75, 3.05) is 6.61 Å². The highest BCUT2D eigenvalue weighted by molar-refractivity contribution is 5.89. The normalized spacial score (nSPS) is 11.5. The molecule has 0 bridgehead atoms. The largest absolute Gasteiger partial charge is 0.466 e. The van der Waals surface area contributed by atoms with Gasteiger partial charge >= 0.3 is 5.97 Å². The maximum atomic E-state index is 11.2. The Morgan fingerprint density at radius 3 is 2.50 bits per heavy atom. The predicted molar refractivity (Wildman–Crippen MR) is 54.8 cm³/mol. The molecule has 3 nitrogen and oxygen atoms in total. The molecule has 0 aliphatic carbocycles. The molecule has 0 spiro atoms. The van der Waals surface area contributed by atoms with E-state index >= 15 is 0 Å². The second-order valence-corrected chi connectivity index (χ2v) is 2.80. The number of rotatable bonds is 7. The lowest BCUT2D eigenvalue weighted by Gasteiger charge is -2.09. The molecule has 78 valence electrons. The summed E-state index contributed by atoms with van der Waals surface area (Å²) in [5.74, 6) is -0.778.